The van der Waals surface area contributed by atoms with E-state index < -0.39 is 0 Å². The maximum Gasteiger partial charge on any atom is 0.275 e. The van der Waals surface area contributed by atoms with Crippen molar-refractivity contribution in [3.05, 3.63) is 46.9 Å². The fraction of sp³-hybridized carbons (Fsp3) is 0.273. The fourth-order valence-electron chi connectivity index (χ4n) is 3.84. The number of aromatic amines is 1. The summed E-state index contributed by atoms with van der Waals surface area (Å²) in [5.41, 5.74) is 8.79. The molecule has 0 atom stereocenters. The van der Waals surface area contributed by atoms with Crippen molar-refractivity contribution in [3.8, 4) is 28.5 Å². The van der Waals surface area contributed by atoms with Gasteiger partial charge in [0.15, 0.2) is 11.5 Å². The number of nitrogens with one attached hydrogen (secondary N) is 1. The summed E-state index contributed by atoms with van der Waals surface area (Å²) in [5.74, 6) is 1.96. The van der Waals surface area contributed by atoms with Crippen molar-refractivity contribution in [2.24, 2.45) is 5.73 Å². The third-order valence-corrected chi connectivity index (χ3v) is 5.30. The van der Waals surface area contributed by atoms with Gasteiger partial charge >= 0.3 is 0 Å². The summed E-state index contributed by atoms with van der Waals surface area (Å²) in [4.78, 5) is 20.6. The van der Waals surface area contributed by atoms with Crippen LogP contribution in [0, 0.1) is 0 Å². The highest BCUT2D eigenvalue weighted by atomic mass is 16.6. The Balaban J connectivity index is 1.72. The first-order valence-electron chi connectivity index (χ1n) is 9.89. The van der Waals surface area contributed by atoms with E-state index in [4.69, 9.17) is 24.9 Å². The highest BCUT2D eigenvalue weighted by Crippen LogP contribution is 2.35. The molecule has 0 aliphatic carbocycles. The molecule has 0 bridgehead atoms. The molecule has 1 aliphatic rings. The Morgan fingerprint density at radius 3 is 2.77 bits per heavy atom. The molecule has 3 N–H and O–H groups in total. The van der Waals surface area contributed by atoms with Crippen molar-refractivity contribution >= 4 is 21.9 Å². The number of fused-ring (bicyclic) bond motifs is 3. The molecule has 2 aromatic carbocycles. The van der Waals surface area contributed by atoms with Crippen molar-refractivity contribution in [1.29, 1.82) is 0 Å². The average Bonchev–Trinajstić information content (AvgIpc) is 3.13. The lowest BCUT2D eigenvalue weighted by Crippen LogP contribution is -2.16. The number of aryl methyl sites for hydroxylation is 1. The van der Waals surface area contributed by atoms with Crippen molar-refractivity contribution in [2.45, 2.75) is 13.0 Å². The van der Waals surface area contributed by atoms with Crippen LogP contribution >= 0.6 is 0 Å². The molecule has 8 heteroatoms. The van der Waals surface area contributed by atoms with E-state index in [2.05, 4.69) is 9.55 Å². The molecule has 4 aromatic rings. The summed E-state index contributed by atoms with van der Waals surface area (Å²) >= 11 is 0. The van der Waals surface area contributed by atoms with E-state index in [-0.39, 0.29) is 5.56 Å². The first-order valence-corrected chi connectivity index (χ1v) is 9.89. The molecule has 0 unspecified atom stereocenters. The number of nitrogens with two attached hydrogens (primary N) is 1. The second kappa shape index (κ2) is 7.38. The number of hydrogen-bond donors (Lipinski definition) is 2. The Hall–Kier alpha value is -3.52. The second-order valence-corrected chi connectivity index (χ2v) is 7.19. The van der Waals surface area contributed by atoms with Gasteiger partial charge in [-0.1, -0.05) is 0 Å². The van der Waals surface area contributed by atoms with E-state index in [9.17, 15) is 4.79 Å². The van der Waals surface area contributed by atoms with Gasteiger partial charge in [-0.2, -0.15) is 0 Å². The maximum absolute atomic E-state index is 13.0. The standard InChI is InChI=1S/C22H22N4O4/c1-28-13-3-4-18-14(9-13)15(12-26(18)6-2-5-23)21-22(27)25-17-11-20-19(10-16(17)24-21)29-7-8-30-20/h3-4,9-12H,2,5-8,23H2,1H3,(H,25,27). The molecule has 0 radical (unpaired) electrons. The topological polar surface area (TPSA) is 104 Å². The first-order chi connectivity index (χ1) is 14.7. The number of H-pyrrole nitrogens is 1. The van der Waals surface area contributed by atoms with Crippen LogP contribution in [0.5, 0.6) is 17.2 Å². The monoisotopic (exact) mass is 406 g/mol. The predicted octanol–water partition coefficient (Wildman–Crippen LogP) is 2.67. The highest BCUT2D eigenvalue weighted by Gasteiger charge is 2.18. The Kier molecular flexibility index (Phi) is 4.55. The van der Waals surface area contributed by atoms with Crippen LogP contribution in [0.1, 0.15) is 6.42 Å². The van der Waals surface area contributed by atoms with Crippen LogP contribution in [-0.4, -0.2) is 41.4 Å². The van der Waals surface area contributed by atoms with Gasteiger partial charge in [-0.3, -0.25) is 4.79 Å². The number of hydrogen-bond acceptors (Lipinski definition) is 6. The smallest absolute Gasteiger partial charge is 0.275 e. The number of aromatic nitrogens is 3. The van der Waals surface area contributed by atoms with Gasteiger partial charge in [-0.15, -0.1) is 0 Å². The Labute approximate surface area is 172 Å². The van der Waals surface area contributed by atoms with Crippen molar-refractivity contribution in [2.75, 3.05) is 26.9 Å². The van der Waals surface area contributed by atoms with Crippen LogP contribution in [-0.2, 0) is 6.54 Å². The lowest BCUT2D eigenvalue weighted by Gasteiger charge is -2.18. The summed E-state index contributed by atoms with van der Waals surface area (Å²) in [6.07, 6.45) is 2.79. The zero-order chi connectivity index (χ0) is 20.7. The van der Waals surface area contributed by atoms with E-state index in [0.717, 1.165) is 35.2 Å². The number of rotatable bonds is 5. The van der Waals surface area contributed by atoms with Crippen LogP contribution in [0.4, 0.5) is 0 Å². The minimum absolute atomic E-state index is 0.264. The van der Waals surface area contributed by atoms with Gasteiger partial charge in [-0.05, 0) is 31.2 Å². The average molecular weight is 406 g/mol. The Morgan fingerprint density at radius 1 is 1.20 bits per heavy atom. The van der Waals surface area contributed by atoms with Crippen LogP contribution in [0.2, 0.25) is 0 Å². The summed E-state index contributed by atoms with van der Waals surface area (Å²) in [5, 5.41) is 0.904. The van der Waals surface area contributed by atoms with Crippen LogP contribution < -0.4 is 25.5 Å². The minimum Gasteiger partial charge on any atom is -0.497 e. The fourth-order valence-corrected chi connectivity index (χ4v) is 3.84. The summed E-state index contributed by atoms with van der Waals surface area (Å²) in [6, 6.07) is 9.39. The quantitative estimate of drug-likeness (QED) is 0.528. The number of methoxy groups -OCH3 is 1. The largest absolute Gasteiger partial charge is 0.497 e. The molecule has 2 aromatic heterocycles. The van der Waals surface area contributed by atoms with E-state index in [1.54, 1.807) is 19.2 Å². The SMILES string of the molecule is COc1ccc2c(c1)c(-c1nc3cc4c(cc3[nH]c1=O)OCCO4)cn2CCCN. The third kappa shape index (κ3) is 3.05. The molecule has 0 fully saturated rings. The van der Waals surface area contributed by atoms with Gasteiger partial charge in [0.25, 0.3) is 5.56 Å². The molecular weight excluding hydrogens is 384 g/mol. The minimum atomic E-state index is -0.264. The van der Waals surface area contributed by atoms with E-state index in [0.29, 0.717) is 48.0 Å². The third-order valence-electron chi connectivity index (χ3n) is 5.30. The van der Waals surface area contributed by atoms with Crippen LogP contribution in [0.25, 0.3) is 33.2 Å². The van der Waals surface area contributed by atoms with Crippen molar-refractivity contribution < 1.29 is 14.2 Å². The van der Waals surface area contributed by atoms with Crippen LogP contribution in [0.15, 0.2) is 41.3 Å². The summed E-state index contributed by atoms with van der Waals surface area (Å²) in [6.45, 7) is 2.32. The molecule has 8 nitrogen and oxygen atoms in total. The van der Waals surface area contributed by atoms with E-state index >= 15 is 0 Å². The molecule has 5 rings (SSSR count). The number of nitrogens with zero attached hydrogens (tertiary/aromatic N) is 2. The van der Waals surface area contributed by atoms with Gasteiger partial charge in [0.05, 0.1) is 18.1 Å². The molecule has 0 saturated heterocycles. The normalized spacial score (nSPS) is 13.1. The number of benzene rings is 2. The lowest BCUT2D eigenvalue weighted by molar-refractivity contribution is 0.172. The molecule has 154 valence electrons. The molecule has 0 amide bonds. The Morgan fingerprint density at radius 2 is 2.00 bits per heavy atom. The van der Waals surface area contributed by atoms with Gasteiger partial charge in [0.1, 0.15) is 24.7 Å². The zero-order valence-electron chi connectivity index (χ0n) is 16.6. The summed E-state index contributed by atoms with van der Waals surface area (Å²) in [7, 11) is 1.62. The molecule has 0 spiro atoms. The van der Waals surface area contributed by atoms with E-state index in [1.807, 2.05) is 24.4 Å². The molecule has 30 heavy (non-hydrogen) atoms. The van der Waals surface area contributed by atoms with Crippen molar-refractivity contribution in [3.63, 3.8) is 0 Å². The van der Waals surface area contributed by atoms with Gasteiger partial charge < -0.3 is 29.5 Å². The first kappa shape index (κ1) is 18.5. The lowest BCUT2D eigenvalue weighted by atomic mass is 10.1. The molecular formula is C22H22N4O4. The molecule has 1 aliphatic heterocycles. The highest BCUT2D eigenvalue weighted by molar-refractivity contribution is 5.97. The van der Waals surface area contributed by atoms with Gasteiger partial charge in [-0.25, -0.2) is 4.98 Å². The number of ether oxygens (including phenoxy) is 3. The predicted molar refractivity (Wildman–Crippen MR) is 115 cm³/mol. The Bertz CT molecular complexity index is 1310. The summed E-state index contributed by atoms with van der Waals surface area (Å²) < 4.78 is 18.8. The van der Waals surface area contributed by atoms with Crippen molar-refractivity contribution in [1.82, 2.24) is 14.5 Å². The van der Waals surface area contributed by atoms with Crippen LogP contribution in [0.3, 0.4) is 0 Å². The van der Waals surface area contributed by atoms with Gasteiger partial charge in [0.2, 0.25) is 0 Å². The van der Waals surface area contributed by atoms with Gasteiger partial charge in [0, 0.05) is 41.3 Å². The zero-order valence-corrected chi connectivity index (χ0v) is 16.6. The van der Waals surface area contributed by atoms with E-state index in [1.165, 1.54) is 0 Å². The molecule has 3 heterocycles. The maximum atomic E-state index is 13.0. The second-order valence-electron chi connectivity index (χ2n) is 7.19. The molecule has 0 saturated carbocycles.